The van der Waals surface area contributed by atoms with Crippen LogP contribution in [-0.4, -0.2) is 37.2 Å². The Labute approximate surface area is 409 Å². The largest absolute Gasteiger partial charge is 0.462 e. The van der Waals surface area contributed by atoms with E-state index in [1.54, 1.807) is 0 Å². The van der Waals surface area contributed by atoms with E-state index in [0.717, 1.165) is 77.0 Å². The Kier molecular flexibility index (Phi) is 52.3. The molecule has 1 atom stereocenters. The first-order valence-corrected chi connectivity index (χ1v) is 28.3. The fourth-order valence-corrected chi connectivity index (χ4v) is 8.04. The topological polar surface area (TPSA) is 78.9 Å². The summed E-state index contributed by atoms with van der Waals surface area (Å²) in [5.41, 5.74) is 0. The van der Waals surface area contributed by atoms with Crippen LogP contribution >= 0.6 is 0 Å². The van der Waals surface area contributed by atoms with Gasteiger partial charge in [-0.1, -0.05) is 255 Å². The molecule has 0 spiro atoms. The van der Waals surface area contributed by atoms with E-state index in [2.05, 4.69) is 75.5 Å². The molecular weight excluding hydrogens is 817 g/mol. The summed E-state index contributed by atoms with van der Waals surface area (Å²) >= 11 is 0. The minimum Gasteiger partial charge on any atom is -0.462 e. The smallest absolute Gasteiger partial charge is 0.306 e. The summed E-state index contributed by atoms with van der Waals surface area (Å²) in [5.74, 6) is -0.980. The molecule has 6 nitrogen and oxygen atoms in total. The minimum atomic E-state index is -0.805. The van der Waals surface area contributed by atoms with Crippen LogP contribution in [0.3, 0.4) is 0 Å². The Morgan fingerprint density at radius 1 is 0.318 bits per heavy atom. The van der Waals surface area contributed by atoms with Crippen LogP contribution < -0.4 is 0 Å². The molecule has 0 radical (unpaired) electrons. The number of hydrogen-bond acceptors (Lipinski definition) is 6. The standard InChI is InChI=1S/C60H106O6/c1-4-7-10-13-16-19-22-25-27-28-29-30-31-33-35-38-41-44-47-50-53-59(62)65-56-57(55-64-58(61)52-49-46-43-40-37-34-24-21-18-15-12-9-6-3)66-60(63)54-51-48-45-42-39-36-32-26-23-20-17-14-11-8-5-2/h9,12,18,21,26,32,34,37,43,46,57H,4-8,10-11,13-17,19-20,22-25,27-31,33,35-36,38-42,44-45,47-56H2,1-3H3/b12-9-,21-18-,32-26-,37-34-,46-43-. The van der Waals surface area contributed by atoms with Crippen molar-refractivity contribution in [1.29, 1.82) is 0 Å². The van der Waals surface area contributed by atoms with E-state index < -0.39 is 6.10 Å². The van der Waals surface area contributed by atoms with Gasteiger partial charge in [-0.3, -0.25) is 14.4 Å². The molecule has 0 rings (SSSR count). The lowest BCUT2D eigenvalue weighted by molar-refractivity contribution is -0.166. The second kappa shape index (κ2) is 54.7. The van der Waals surface area contributed by atoms with Crippen LogP contribution in [0.2, 0.25) is 0 Å². The Balaban J connectivity index is 4.37. The van der Waals surface area contributed by atoms with Gasteiger partial charge in [-0.2, -0.15) is 0 Å². The van der Waals surface area contributed by atoms with E-state index in [0.29, 0.717) is 19.3 Å². The number of carbonyl (C=O) groups is 3. The van der Waals surface area contributed by atoms with Crippen molar-refractivity contribution in [2.45, 2.75) is 290 Å². The van der Waals surface area contributed by atoms with Crippen molar-refractivity contribution in [3.8, 4) is 0 Å². The Bertz CT molecular complexity index is 1200. The van der Waals surface area contributed by atoms with E-state index in [1.165, 1.54) is 161 Å². The van der Waals surface area contributed by atoms with Crippen molar-refractivity contribution in [2.24, 2.45) is 0 Å². The molecule has 1 unspecified atom stereocenters. The molecule has 382 valence electrons. The Hall–Kier alpha value is -2.89. The second-order valence-corrected chi connectivity index (χ2v) is 18.8. The number of ether oxygens (including phenoxy) is 3. The van der Waals surface area contributed by atoms with E-state index in [4.69, 9.17) is 14.2 Å². The third-order valence-corrected chi connectivity index (χ3v) is 12.3. The summed E-state index contributed by atoms with van der Waals surface area (Å²) in [5, 5.41) is 0. The maximum absolute atomic E-state index is 12.8. The minimum absolute atomic E-state index is 0.0969. The van der Waals surface area contributed by atoms with Gasteiger partial charge in [0.05, 0.1) is 0 Å². The van der Waals surface area contributed by atoms with Gasteiger partial charge in [0.1, 0.15) is 13.2 Å². The van der Waals surface area contributed by atoms with Gasteiger partial charge in [0.15, 0.2) is 6.10 Å². The van der Waals surface area contributed by atoms with Crippen LogP contribution in [0.25, 0.3) is 0 Å². The molecule has 0 aliphatic heterocycles. The van der Waals surface area contributed by atoms with Crippen molar-refractivity contribution in [2.75, 3.05) is 13.2 Å². The summed E-state index contributed by atoms with van der Waals surface area (Å²) in [7, 11) is 0. The molecule has 0 aliphatic rings. The summed E-state index contributed by atoms with van der Waals surface area (Å²) in [4.78, 5) is 38.0. The molecule has 0 saturated carbocycles. The zero-order valence-corrected chi connectivity index (χ0v) is 43.7. The normalized spacial score (nSPS) is 12.5. The predicted molar refractivity (Wildman–Crippen MR) is 284 cm³/mol. The van der Waals surface area contributed by atoms with E-state index in [-0.39, 0.29) is 37.5 Å². The van der Waals surface area contributed by atoms with Crippen LogP contribution in [0.4, 0.5) is 0 Å². The van der Waals surface area contributed by atoms with Gasteiger partial charge in [0, 0.05) is 19.3 Å². The molecule has 0 aliphatic carbocycles. The lowest BCUT2D eigenvalue weighted by Crippen LogP contribution is -2.30. The second-order valence-electron chi connectivity index (χ2n) is 18.8. The summed E-state index contributed by atoms with van der Waals surface area (Å²) in [6.45, 7) is 6.48. The van der Waals surface area contributed by atoms with Crippen molar-refractivity contribution < 1.29 is 28.6 Å². The van der Waals surface area contributed by atoms with Gasteiger partial charge in [0.25, 0.3) is 0 Å². The van der Waals surface area contributed by atoms with Gasteiger partial charge in [-0.05, 0) is 70.6 Å². The maximum Gasteiger partial charge on any atom is 0.306 e. The van der Waals surface area contributed by atoms with Gasteiger partial charge in [-0.25, -0.2) is 0 Å². The molecule has 0 amide bonds. The number of esters is 3. The lowest BCUT2D eigenvalue weighted by atomic mass is 10.0. The Morgan fingerprint density at radius 2 is 0.621 bits per heavy atom. The molecule has 0 bridgehead atoms. The predicted octanol–water partition coefficient (Wildman–Crippen LogP) is 18.8. The van der Waals surface area contributed by atoms with Gasteiger partial charge < -0.3 is 14.2 Å². The quantitative estimate of drug-likeness (QED) is 0.0262. The highest BCUT2D eigenvalue weighted by Gasteiger charge is 2.19. The number of rotatable bonds is 51. The molecule has 0 heterocycles. The zero-order chi connectivity index (χ0) is 47.9. The fourth-order valence-electron chi connectivity index (χ4n) is 8.04. The monoisotopic (exact) mass is 923 g/mol. The highest BCUT2D eigenvalue weighted by atomic mass is 16.6. The average Bonchev–Trinajstić information content (AvgIpc) is 3.31. The van der Waals surface area contributed by atoms with Crippen molar-refractivity contribution in [1.82, 2.24) is 0 Å². The summed E-state index contributed by atoms with van der Waals surface area (Å²) < 4.78 is 16.8. The van der Waals surface area contributed by atoms with Crippen LogP contribution in [0, 0.1) is 0 Å². The summed E-state index contributed by atoms with van der Waals surface area (Å²) in [6.07, 6.45) is 68.0. The first-order chi connectivity index (χ1) is 32.5. The van der Waals surface area contributed by atoms with E-state index in [1.807, 2.05) is 6.08 Å². The molecular formula is C60H106O6. The van der Waals surface area contributed by atoms with Gasteiger partial charge >= 0.3 is 17.9 Å². The van der Waals surface area contributed by atoms with Crippen molar-refractivity contribution >= 4 is 17.9 Å². The first kappa shape index (κ1) is 63.1. The first-order valence-electron chi connectivity index (χ1n) is 28.3. The van der Waals surface area contributed by atoms with Gasteiger partial charge in [-0.15, -0.1) is 0 Å². The van der Waals surface area contributed by atoms with Gasteiger partial charge in [0.2, 0.25) is 0 Å². The molecule has 6 heteroatoms. The maximum atomic E-state index is 12.8. The fraction of sp³-hybridized carbons (Fsp3) is 0.783. The third kappa shape index (κ3) is 52.1. The van der Waals surface area contributed by atoms with Crippen LogP contribution in [0.15, 0.2) is 60.8 Å². The molecule has 66 heavy (non-hydrogen) atoms. The number of allylic oxidation sites excluding steroid dienone is 10. The number of carbonyl (C=O) groups excluding carboxylic acids is 3. The molecule has 0 aromatic heterocycles. The molecule has 0 N–H and O–H groups in total. The molecule has 0 aromatic carbocycles. The van der Waals surface area contributed by atoms with Crippen molar-refractivity contribution in [3.05, 3.63) is 60.8 Å². The lowest BCUT2D eigenvalue weighted by Gasteiger charge is -2.18. The van der Waals surface area contributed by atoms with Crippen LogP contribution in [0.5, 0.6) is 0 Å². The molecule has 0 saturated heterocycles. The third-order valence-electron chi connectivity index (χ3n) is 12.3. The highest BCUT2D eigenvalue weighted by molar-refractivity contribution is 5.71. The van der Waals surface area contributed by atoms with Crippen molar-refractivity contribution in [3.63, 3.8) is 0 Å². The summed E-state index contributed by atoms with van der Waals surface area (Å²) in [6, 6.07) is 0. The van der Waals surface area contributed by atoms with Crippen LogP contribution in [-0.2, 0) is 28.6 Å². The number of hydrogen-bond donors (Lipinski definition) is 0. The SMILES string of the molecule is CC/C=C\C/C=C\C/C=C\C/C=C\CCC(=O)OCC(COC(=O)CCCCCCCCCCCCCCCCCCCCCC)OC(=O)CCCCCCC/C=C\CCCCCCCC. The highest BCUT2D eigenvalue weighted by Crippen LogP contribution is 2.16. The number of unbranched alkanes of at least 4 members (excludes halogenated alkanes) is 30. The zero-order valence-electron chi connectivity index (χ0n) is 43.7. The average molecular weight is 924 g/mol. The molecule has 0 aromatic rings. The van der Waals surface area contributed by atoms with E-state index in [9.17, 15) is 14.4 Å². The molecule has 0 fully saturated rings. The Morgan fingerprint density at radius 3 is 1.02 bits per heavy atom. The van der Waals surface area contributed by atoms with Crippen LogP contribution in [0.1, 0.15) is 284 Å². The van der Waals surface area contributed by atoms with E-state index >= 15 is 0 Å².